The Hall–Kier alpha value is -6.22. The maximum atomic E-state index is 13.1. The molecule has 1 aliphatic heterocycles. The predicted molar refractivity (Wildman–Crippen MR) is 187 cm³/mol. The number of rotatable bonds is 11. The van der Waals surface area contributed by atoms with Gasteiger partial charge >= 0.3 is 0 Å². The quantitative estimate of drug-likeness (QED) is 0.155. The number of hydrogen-bond donors (Lipinski definition) is 4. The number of aliphatic hydroxyl groups is 2. The van der Waals surface area contributed by atoms with Gasteiger partial charge in [0.25, 0.3) is 5.91 Å². The van der Waals surface area contributed by atoms with E-state index in [1.165, 1.54) is 12.7 Å². The number of pyridine rings is 1. The Labute approximate surface area is 291 Å². The first-order valence-electron chi connectivity index (χ1n) is 16.4. The number of ether oxygens (including phenoxy) is 2. The maximum absolute atomic E-state index is 13.1. The Morgan fingerprint density at radius 2 is 1.67 bits per heavy atom. The first-order valence-corrected chi connectivity index (χ1v) is 16.4. The van der Waals surface area contributed by atoms with Crippen LogP contribution in [0.25, 0.3) is 22.2 Å². The van der Waals surface area contributed by atoms with Crippen LogP contribution in [0.4, 0.5) is 5.82 Å². The van der Waals surface area contributed by atoms with Crippen molar-refractivity contribution in [1.29, 1.82) is 0 Å². The van der Waals surface area contributed by atoms with Crippen LogP contribution >= 0.6 is 0 Å². The number of nitrogens with one attached hydrogen (secondary N) is 2. The molecule has 4 atom stereocenters. The van der Waals surface area contributed by atoms with Gasteiger partial charge in [0.05, 0.1) is 35.9 Å². The zero-order valence-electron chi connectivity index (χ0n) is 27.2. The van der Waals surface area contributed by atoms with E-state index < -0.39 is 24.5 Å². The minimum atomic E-state index is -1.30. The summed E-state index contributed by atoms with van der Waals surface area (Å²) in [5.41, 5.74) is 4.73. The summed E-state index contributed by atoms with van der Waals surface area (Å²) in [6.45, 7) is 0.983. The van der Waals surface area contributed by atoms with Gasteiger partial charge in [0.1, 0.15) is 36.1 Å². The molecule has 0 unspecified atom stereocenters. The minimum absolute atomic E-state index is 0.0384. The second kappa shape index (κ2) is 14.0. The maximum Gasteiger partial charge on any atom is 0.251 e. The van der Waals surface area contributed by atoms with Crippen molar-refractivity contribution < 1.29 is 24.5 Å². The molecule has 5 heterocycles. The Balaban J connectivity index is 0.895. The van der Waals surface area contributed by atoms with E-state index in [0.29, 0.717) is 41.2 Å². The van der Waals surface area contributed by atoms with Gasteiger partial charge in [0.15, 0.2) is 23.2 Å². The van der Waals surface area contributed by atoms with Crippen molar-refractivity contribution in [3.63, 3.8) is 0 Å². The van der Waals surface area contributed by atoms with Gasteiger partial charge in [-0.15, -0.1) is 0 Å². The summed E-state index contributed by atoms with van der Waals surface area (Å²) < 4.78 is 15.5. The lowest BCUT2D eigenvalue weighted by Crippen LogP contribution is -2.39. The smallest absolute Gasteiger partial charge is 0.251 e. The van der Waals surface area contributed by atoms with Crippen LogP contribution in [0.5, 0.6) is 11.5 Å². The van der Waals surface area contributed by atoms with E-state index in [0.717, 1.165) is 28.3 Å². The summed E-state index contributed by atoms with van der Waals surface area (Å²) in [4.78, 5) is 35.2. The van der Waals surface area contributed by atoms with Gasteiger partial charge in [0.2, 0.25) is 0 Å². The molecule has 0 bridgehead atoms. The first-order chi connectivity index (χ1) is 25.0. The average molecular weight is 684 g/mol. The fraction of sp³-hybridized carbons (Fsp3) is 0.189. The molecule has 4 N–H and O–H groups in total. The molecular weight excluding hydrogens is 650 g/mol. The van der Waals surface area contributed by atoms with Gasteiger partial charge in [-0.1, -0.05) is 36.4 Å². The minimum Gasteiger partial charge on any atom is -0.457 e. The number of amides is 1. The molecule has 0 saturated carbocycles. The molecule has 8 rings (SSSR count). The Morgan fingerprint density at radius 1 is 0.843 bits per heavy atom. The predicted octanol–water partition coefficient (Wildman–Crippen LogP) is 4.07. The van der Waals surface area contributed by atoms with Gasteiger partial charge in [-0.05, 0) is 60.2 Å². The molecule has 0 spiro atoms. The number of benzene rings is 3. The number of imidazole rings is 2. The standard InChI is InChI=1S/C37H33N9O5/c47-32-30(18-40-36(49)24-11-14-29-28(16-24)43-21-45(29)19-25-6-4-5-15-38-25)51-37(33(32)48)46-22-44-31-34(41-20-42-35(31)46)39-17-23-9-12-27(13-10-23)50-26-7-2-1-3-8-26/h1-16,20-22,30,32-33,37,47-48H,17-19H2,(H,40,49)(H,39,41,42)/t30-,32-,33-,37-/m1/s1. The largest absolute Gasteiger partial charge is 0.457 e. The van der Waals surface area contributed by atoms with Crippen molar-refractivity contribution in [2.45, 2.75) is 37.6 Å². The normalized spacial score (nSPS) is 18.6. The lowest BCUT2D eigenvalue weighted by Gasteiger charge is -2.16. The third-order valence-electron chi connectivity index (χ3n) is 8.74. The van der Waals surface area contributed by atoms with E-state index in [1.54, 1.807) is 29.2 Å². The summed E-state index contributed by atoms with van der Waals surface area (Å²) in [5.74, 6) is 1.63. The van der Waals surface area contributed by atoms with Gasteiger partial charge in [-0.2, -0.15) is 0 Å². The highest BCUT2D eigenvalue weighted by Gasteiger charge is 2.44. The average Bonchev–Trinajstić information content (AvgIpc) is 3.86. The number of carbonyl (C=O) groups is 1. The third-order valence-corrected chi connectivity index (χ3v) is 8.74. The number of aliphatic hydroxyl groups excluding tert-OH is 2. The molecule has 7 aromatic rings. The molecule has 1 fully saturated rings. The van der Waals surface area contributed by atoms with Crippen LogP contribution in [0.15, 0.2) is 116 Å². The zero-order valence-corrected chi connectivity index (χ0v) is 27.2. The summed E-state index contributed by atoms with van der Waals surface area (Å²) in [7, 11) is 0. The van der Waals surface area contributed by atoms with Crippen LogP contribution in [-0.4, -0.2) is 75.0 Å². The molecule has 51 heavy (non-hydrogen) atoms. The molecule has 4 aromatic heterocycles. The van der Waals surface area contributed by atoms with E-state index in [1.807, 2.05) is 83.4 Å². The Kier molecular flexibility index (Phi) is 8.76. The molecule has 1 aliphatic rings. The molecule has 14 nitrogen and oxygen atoms in total. The summed E-state index contributed by atoms with van der Waals surface area (Å²) in [6.07, 6.45) is 1.90. The fourth-order valence-electron chi connectivity index (χ4n) is 6.07. The van der Waals surface area contributed by atoms with E-state index in [2.05, 4.69) is 35.6 Å². The van der Waals surface area contributed by atoms with Crippen LogP contribution in [0.2, 0.25) is 0 Å². The molecule has 0 radical (unpaired) electrons. The van der Waals surface area contributed by atoms with Crippen LogP contribution in [0.3, 0.4) is 0 Å². The Bertz CT molecular complexity index is 2280. The van der Waals surface area contributed by atoms with Crippen molar-refractivity contribution in [3.05, 3.63) is 133 Å². The molecule has 0 aliphatic carbocycles. The molecular formula is C37H33N9O5. The van der Waals surface area contributed by atoms with Crippen molar-refractivity contribution >= 4 is 33.9 Å². The summed E-state index contributed by atoms with van der Waals surface area (Å²) in [5, 5.41) is 28.0. The molecule has 1 amide bonds. The van der Waals surface area contributed by atoms with Crippen molar-refractivity contribution in [1.82, 2.24) is 39.4 Å². The second-order valence-corrected chi connectivity index (χ2v) is 12.1. The zero-order chi connectivity index (χ0) is 34.7. The Morgan fingerprint density at radius 3 is 2.49 bits per heavy atom. The van der Waals surface area contributed by atoms with Crippen molar-refractivity contribution in [2.24, 2.45) is 0 Å². The molecule has 256 valence electrons. The van der Waals surface area contributed by atoms with Gasteiger partial charge < -0.3 is 34.9 Å². The van der Waals surface area contributed by atoms with Crippen molar-refractivity contribution in [2.75, 3.05) is 11.9 Å². The number of para-hydroxylation sites is 1. The number of hydrogen-bond acceptors (Lipinski definition) is 11. The number of carbonyl (C=O) groups excluding carboxylic acids is 1. The van der Waals surface area contributed by atoms with Crippen LogP contribution < -0.4 is 15.4 Å². The lowest BCUT2D eigenvalue weighted by molar-refractivity contribution is -0.0337. The molecule has 14 heteroatoms. The highest BCUT2D eigenvalue weighted by molar-refractivity contribution is 5.97. The van der Waals surface area contributed by atoms with Crippen molar-refractivity contribution in [3.8, 4) is 11.5 Å². The number of anilines is 1. The SMILES string of the molecule is O=C(NC[C@H]1O[C@@H](n2cnc3c(NCc4ccc(Oc5ccccc5)cc4)ncnc32)[C@H](O)[C@@H]1O)c1ccc2c(c1)ncn2Cc1ccccn1. The monoisotopic (exact) mass is 683 g/mol. The van der Waals surface area contributed by atoms with E-state index >= 15 is 0 Å². The third kappa shape index (κ3) is 6.70. The second-order valence-electron chi connectivity index (χ2n) is 12.1. The fourth-order valence-corrected chi connectivity index (χ4v) is 6.07. The lowest BCUT2D eigenvalue weighted by atomic mass is 10.1. The van der Waals surface area contributed by atoms with Gasteiger partial charge in [-0.25, -0.2) is 19.9 Å². The molecule has 3 aromatic carbocycles. The van der Waals surface area contributed by atoms with Crippen LogP contribution in [0.1, 0.15) is 27.8 Å². The highest BCUT2D eigenvalue weighted by Crippen LogP contribution is 2.32. The summed E-state index contributed by atoms with van der Waals surface area (Å²) in [6, 6.07) is 28.3. The topological polar surface area (TPSA) is 174 Å². The van der Waals surface area contributed by atoms with Gasteiger partial charge in [-0.3, -0.25) is 14.3 Å². The number of aromatic nitrogens is 7. The number of fused-ring (bicyclic) bond motifs is 2. The highest BCUT2D eigenvalue weighted by atomic mass is 16.6. The van der Waals surface area contributed by atoms with E-state index in [-0.39, 0.29) is 12.5 Å². The van der Waals surface area contributed by atoms with E-state index in [4.69, 9.17) is 9.47 Å². The number of nitrogens with zero attached hydrogens (tertiary/aromatic N) is 7. The first kappa shape index (κ1) is 32.0. The molecule has 1 saturated heterocycles. The van der Waals surface area contributed by atoms with Crippen LogP contribution in [-0.2, 0) is 17.8 Å². The van der Waals surface area contributed by atoms with E-state index in [9.17, 15) is 15.0 Å². The van der Waals surface area contributed by atoms with Gasteiger partial charge in [0, 0.05) is 24.8 Å². The van der Waals surface area contributed by atoms with Crippen LogP contribution in [0, 0.1) is 0 Å². The summed E-state index contributed by atoms with van der Waals surface area (Å²) >= 11 is 0.